The molecule has 1 aliphatic heterocycles. The number of carbonyl (C=O) groups is 1. The van der Waals surface area contributed by atoms with Crippen LogP contribution in [0.1, 0.15) is 33.2 Å². The van der Waals surface area contributed by atoms with Crippen LogP contribution >= 0.6 is 0 Å². The summed E-state index contributed by atoms with van der Waals surface area (Å²) in [6.45, 7) is 2.10. The van der Waals surface area contributed by atoms with Gasteiger partial charge in [-0.25, -0.2) is 0 Å². The summed E-state index contributed by atoms with van der Waals surface area (Å²) in [5, 5.41) is 26.8. The number of amides is 1. The minimum atomic E-state index is -0.362. The number of carbonyl (C=O) groups excluding carboxylic acids is 1. The van der Waals surface area contributed by atoms with Crippen molar-refractivity contribution in [2.75, 3.05) is 13.2 Å². The predicted octanol–water partition coefficient (Wildman–Crippen LogP) is 2.63. The molecule has 4 rings (SSSR count). The van der Waals surface area contributed by atoms with Crippen LogP contribution in [0, 0.1) is 6.92 Å². The number of aliphatic hydroxyl groups is 1. The summed E-state index contributed by atoms with van der Waals surface area (Å²) in [7, 11) is 0. The number of benzene rings is 2. The molecule has 1 aromatic heterocycles. The van der Waals surface area contributed by atoms with Crippen molar-refractivity contribution in [3.05, 3.63) is 70.9 Å². The summed E-state index contributed by atoms with van der Waals surface area (Å²) in [5.41, 5.74) is 4.32. The first-order valence-electron chi connectivity index (χ1n) is 8.47. The Labute approximate surface area is 150 Å². The zero-order valence-corrected chi connectivity index (χ0v) is 14.3. The predicted molar refractivity (Wildman–Crippen MR) is 96.8 cm³/mol. The van der Waals surface area contributed by atoms with E-state index in [9.17, 15) is 15.0 Å². The highest BCUT2D eigenvalue weighted by atomic mass is 16.3. The molecular formula is C20H19N3O3. The summed E-state index contributed by atoms with van der Waals surface area (Å²) in [6, 6.07) is 14.5. The first-order valence-corrected chi connectivity index (χ1v) is 8.47. The lowest BCUT2D eigenvalue weighted by atomic mass is 9.95. The number of para-hydroxylation sites is 1. The third kappa shape index (κ3) is 2.46. The highest BCUT2D eigenvalue weighted by molar-refractivity contribution is 6.00. The van der Waals surface area contributed by atoms with Gasteiger partial charge < -0.3 is 15.1 Å². The smallest absolute Gasteiger partial charge is 0.273 e. The number of aromatic amines is 1. The number of fused-ring (bicyclic) bond motifs is 1. The highest BCUT2D eigenvalue weighted by Crippen LogP contribution is 2.44. The van der Waals surface area contributed by atoms with Crippen LogP contribution in [-0.2, 0) is 0 Å². The van der Waals surface area contributed by atoms with Crippen LogP contribution < -0.4 is 0 Å². The number of aryl methyl sites for hydroxylation is 1. The molecule has 3 aromatic rings. The third-order valence-electron chi connectivity index (χ3n) is 4.76. The minimum Gasteiger partial charge on any atom is -0.507 e. The number of phenolic OH excluding ortho intramolecular Hbond substituents is 1. The third-order valence-corrected chi connectivity index (χ3v) is 4.76. The van der Waals surface area contributed by atoms with Crippen molar-refractivity contribution in [2.45, 2.75) is 13.0 Å². The minimum absolute atomic E-state index is 0.109. The van der Waals surface area contributed by atoms with Gasteiger partial charge in [-0.2, -0.15) is 5.10 Å². The maximum atomic E-state index is 12.8. The summed E-state index contributed by atoms with van der Waals surface area (Å²) < 4.78 is 0. The second-order valence-electron chi connectivity index (χ2n) is 6.41. The summed E-state index contributed by atoms with van der Waals surface area (Å²) in [5.74, 6) is -0.0914. The monoisotopic (exact) mass is 349 g/mol. The molecule has 3 N–H and O–H groups in total. The van der Waals surface area contributed by atoms with Crippen LogP contribution in [0.2, 0.25) is 0 Å². The Morgan fingerprint density at radius 3 is 2.58 bits per heavy atom. The lowest BCUT2D eigenvalue weighted by Gasteiger charge is -2.25. The van der Waals surface area contributed by atoms with E-state index in [0.29, 0.717) is 17.0 Å². The SMILES string of the molecule is Cc1ccc([C@H]2c3c(-c4ccccc4O)n[nH]c3C(=O)N2CCO)cc1. The average Bonchev–Trinajstić information content (AvgIpc) is 3.17. The van der Waals surface area contributed by atoms with Crippen molar-refractivity contribution in [3.8, 4) is 17.0 Å². The molecule has 1 aliphatic rings. The largest absolute Gasteiger partial charge is 0.507 e. The Bertz CT molecular complexity index is 963. The first kappa shape index (κ1) is 16.4. The molecule has 0 bridgehead atoms. The van der Waals surface area contributed by atoms with Crippen LogP contribution in [-0.4, -0.2) is 44.4 Å². The number of hydrogen-bond donors (Lipinski definition) is 3. The average molecular weight is 349 g/mol. The van der Waals surface area contributed by atoms with Crippen molar-refractivity contribution in [3.63, 3.8) is 0 Å². The van der Waals surface area contributed by atoms with Gasteiger partial charge in [-0.1, -0.05) is 42.0 Å². The fourth-order valence-corrected chi connectivity index (χ4v) is 3.51. The number of hydrogen-bond acceptors (Lipinski definition) is 4. The molecule has 26 heavy (non-hydrogen) atoms. The number of aliphatic hydroxyl groups excluding tert-OH is 1. The van der Waals surface area contributed by atoms with E-state index < -0.39 is 0 Å². The van der Waals surface area contributed by atoms with Crippen LogP contribution in [0.3, 0.4) is 0 Å². The molecule has 6 heteroatoms. The van der Waals surface area contributed by atoms with E-state index in [4.69, 9.17) is 0 Å². The maximum absolute atomic E-state index is 12.8. The van der Waals surface area contributed by atoms with E-state index in [1.165, 1.54) is 0 Å². The molecule has 0 fully saturated rings. The lowest BCUT2D eigenvalue weighted by Crippen LogP contribution is -2.32. The van der Waals surface area contributed by atoms with Gasteiger partial charge in [0.25, 0.3) is 5.91 Å². The van der Waals surface area contributed by atoms with Gasteiger partial charge in [-0.3, -0.25) is 9.89 Å². The van der Waals surface area contributed by atoms with E-state index in [1.807, 2.05) is 37.3 Å². The number of β-amino-alcohol motifs (C(OH)–C–C–N with tert-alkyl or cyclic N) is 1. The zero-order chi connectivity index (χ0) is 18.3. The zero-order valence-electron chi connectivity index (χ0n) is 14.3. The Balaban J connectivity index is 1.91. The number of phenols is 1. The Morgan fingerprint density at radius 2 is 1.88 bits per heavy atom. The molecule has 0 spiro atoms. The topological polar surface area (TPSA) is 89.5 Å². The van der Waals surface area contributed by atoms with Gasteiger partial charge in [0.1, 0.15) is 17.1 Å². The molecule has 2 aromatic carbocycles. The quantitative estimate of drug-likeness (QED) is 0.675. The molecule has 1 atom stereocenters. The lowest BCUT2D eigenvalue weighted by molar-refractivity contribution is 0.0706. The fraction of sp³-hybridized carbons (Fsp3) is 0.200. The first-order chi connectivity index (χ1) is 12.6. The van der Waals surface area contributed by atoms with Gasteiger partial charge in [0, 0.05) is 17.7 Å². The highest BCUT2D eigenvalue weighted by Gasteiger charge is 2.42. The Morgan fingerprint density at radius 1 is 1.15 bits per heavy atom. The van der Waals surface area contributed by atoms with Gasteiger partial charge >= 0.3 is 0 Å². The van der Waals surface area contributed by atoms with Crippen molar-refractivity contribution < 1.29 is 15.0 Å². The molecule has 6 nitrogen and oxygen atoms in total. The summed E-state index contributed by atoms with van der Waals surface area (Å²) >= 11 is 0. The van der Waals surface area contributed by atoms with E-state index in [1.54, 1.807) is 23.1 Å². The van der Waals surface area contributed by atoms with E-state index in [0.717, 1.165) is 16.7 Å². The molecule has 0 saturated carbocycles. The van der Waals surface area contributed by atoms with E-state index in [-0.39, 0.29) is 30.9 Å². The van der Waals surface area contributed by atoms with Crippen molar-refractivity contribution >= 4 is 5.91 Å². The van der Waals surface area contributed by atoms with Crippen molar-refractivity contribution in [2.24, 2.45) is 0 Å². The number of nitrogens with zero attached hydrogens (tertiary/aromatic N) is 2. The van der Waals surface area contributed by atoms with Crippen LogP contribution in [0.25, 0.3) is 11.3 Å². The van der Waals surface area contributed by atoms with Crippen LogP contribution in [0.15, 0.2) is 48.5 Å². The van der Waals surface area contributed by atoms with E-state index in [2.05, 4.69) is 10.2 Å². The second kappa shape index (κ2) is 6.31. The second-order valence-corrected chi connectivity index (χ2v) is 6.41. The molecule has 0 aliphatic carbocycles. The molecular weight excluding hydrogens is 330 g/mol. The molecule has 2 heterocycles. The Hall–Kier alpha value is -3.12. The molecule has 0 saturated heterocycles. The van der Waals surface area contributed by atoms with E-state index >= 15 is 0 Å². The molecule has 132 valence electrons. The van der Waals surface area contributed by atoms with Crippen molar-refractivity contribution in [1.82, 2.24) is 15.1 Å². The van der Waals surface area contributed by atoms with Gasteiger partial charge in [0.15, 0.2) is 0 Å². The normalized spacial score (nSPS) is 16.2. The number of aromatic nitrogens is 2. The standard InChI is InChI=1S/C20H19N3O3/c1-12-6-8-13(9-7-12)19-16-17(14-4-2-3-5-15(14)25)21-22-18(16)20(26)23(19)10-11-24/h2-9,19,24-25H,10-11H2,1H3,(H,21,22)/t19-/m0/s1. The molecule has 1 amide bonds. The van der Waals surface area contributed by atoms with Gasteiger partial charge in [-0.15, -0.1) is 0 Å². The summed E-state index contributed by atoms with van der Waals surface area (Å²) in [6.07, 6.45) is 0. The number of aromatic hydroxyl groups is 1. The Kier molecular flexibility index (Phi) is 3.97. The number of nitrogens with one attached hydrogen (secondary N) is 1. The van der Waals surface area contributed by atoms with Gasteiger partial charge in [0.05, 0.1) is 12.6 Å². The number of H-pyrrole nitrogens is 1. The van der Waals surface area contributed by atoms with Gasteiger partial charge in [-0.05, 0) is 24.6 Å². The van der Waals surface area contributed by atoms with Crippen LogP contribution in [0.5, 0.6) is 5.75 Å². The van der Waals surface area contributed by atoms with Crippen LogP contribution in [0.4, 0.5) is 0 Å². The fourth-order valence-electron chi connectivity index (χ4n) is 3.51. The number of rotatable bonds is 4. The summed E-state index contributed by atoms with van der Waals surface area (Å²) in [4.78, 5) is 14.5. The molecule has 0 radical (unpaired) electrons. The van der Waals surface area contributed by atoms with Gasteiger partial charge in [0.2, 0.25) is 0 Å². The molecule has 0 unspecified atom stereocenters. The maximum Gasteiger partial charge on any atom is 0.273 e. The van der Waals surface area contributed by atoms with Crippen molar-refractivity contribution in [1.29, 1.82) is 0 Å².